The topological polar surface area (TPSA) is 69.0 Å². The summed E-state index contributed by atoms with van der Waals surface area (Å²) in [6.45, 7) is 5.42. The highest BCUT2D eigenvalue weighted by molar-refractivity contribution is 5.94. The minimum atomic E-state index is -0.883. The quantitative estimate of drug-likeness (QED) is 0.187. The van der Waals surface area contributed by atoms with E-state index in [1.807, 2.05) is 92.2 Å². The Morgan fingerprint density at radius 3 is 1.82 bits per heavy atom. The Bertz CT molecular complexity index is 1850. The third-order valence-electron chi connectivity index (χ3n) is 7.42. The van der Waals surface area contributed by atoms with Crippen molar-refractivity contribution in [2.45, 2.75) is 31.9 Å². The average Bonchev–Trinajstić information content (AvgIpc) is 3.40. The molecule has 0 aliphatic heterocycles. The van der Waals surface area contributed by atoms with Crippen molar-refractivity contribution in [3.8, 4) is 0 Å². The minimum Gasteiger partial charge on any atom is -0.444 e. The molecule has 0 bridgehead atoms. The number of ether oxygens (including phenoxy) is 1. The number of carbonyl (C=O) groups excluding carboxylic acids is 1. The normalized spacial score (nSPS) is 12.0. The van der Waals surface area contributed by atoms with E-state index >= 15 is 0 Å². The Kier molecular flexibility index (Phi) is 8.00. The second kappa shape index (κ2) is 12.2. The molecule has 6 aromatic rings. The lowest BCUT2D eigenvalue weighted by Crippen LogP contribution is -2.38. The van der Waals surface area contributed by atoms with Gasteiger partial charge in [-0.25, -0.2) is 18.9 Å². The van der Waals surface area contributed by atoms with E-state index in [9.17, 15) is 9.18 Å². The van der Waals surface area contributed by atoms with E-state index < -0.39 is 17.2 Å². The van der Waals surface area contributed by atoms with Crippen LogP contribution in [0.15, 0.2) is 128 Å². The van der Waals surface area contributed by atoms with Gasteiger partial charge in [-0.15, -0.1) is 0 Å². The summed E-state index contributed by atoms with van der Waals surface area (Å²) < 4.78 is 21.1. The molecular weight excluding hydrogens is 563 g/mol. The average molecular weight is 597 g/mol. The fourth-order valence-corrected chi connectivity index (χ4v) is 5.55. The molecule has 2 aromatic heterocycles. The Morgan fingerprint density at radius 2 is 1.31 bits per heavy atom. The molecule has 1 amide bonds. The van der Waals surface area contributed by atoms with E-state index in [2.05, 4.69) is 46.7 Å². The van der Waals surface area contributed by atoms with Crippen LogP contribution in [0, 0.1) is 5.82 Å². The maximum Gasteiger partial charge on any atom is 0.413 e. The number of fused-ring (bicyclic) bond motifs is 1. The molecule has 0 saturated carbocycles. The van der Waals surface area contributed by atoms with Crippen LogP contribution in [0.5, 0.6) is 0 Å². The Balaban J connectivity index is 1.62. The number of hydrogen-bond acceptors (Lipinski definition) is 4. The third kappa shape index (κ3) is 6.10. The Labute approximate surface area is 261 Å². The summed E-state index contributed by atoms with van der Waals surface area (Å²) in [6, 6.07) is 38.9. The maximum atomic E-state index is 13.6. The van der Waals surface area contributed by atoms with Gasteiger partial charge >= 0.3 is 6.09 Å². The van der Waals surface area contributed by atoms with Crippen molar-refractivity contribution in [3.05, 3.63) is 161 Å². The number of hydrogen-bond donors (Lipinski definition) is 1. The van der Waals surface area contributed by atoms with Crippen LogP contribution >= 0.6 is 0 Å². The molecule has 0 aliphatic carbocycles. The molecule has 0 unspecified atom stereocenters. The first-order valence-corrected chi connectivity index (χ1v) is 14.7. The number of rotatable bonds is 7. The van der Waals surface area contributed by atoms with Gasteiger partial charge in [0.1, 0.15) is 22.8 Å². The van der Waals surface area contributed by atoms with Gasteiger partial charge in [0.25, 0.3) is 0 Å². The van der Waals surface area contributed by atoms with E-state index in [-0.39, 0.29) is 5.82 Å². The number of aromatic nitrogens is 3. The predicted molar refractivity (Wildman–Crippen MR) is 177 cm³/mol. The molecule has 0 aliphatic rings. The number of nitrogens with zero attached hydrogens (tertiary/aromatic N) is 3. The Morgan fingerprint density at radius 1 is 0.778 bits per heavy atom. The van der Waals surface area contributed by atoms with E-state index in [0.717, 1.165) is 33.2 Å². The van der Waals surface area contributed by atoms with Gasteiger partial charge in [0, 0.05) is 5.39 Å². The predicted octanol–water partition coefficient (Wildman–Crippen LogP) is 8.93. The maximum absolute atomic E-state index is 13.6. The lowest BCUT2D eigenvalue weighted by atomic mass is 9.77. The lowest BCUT2D eigenvalue weighted by molar-refractivity contribution is 0.0635. The summed E-state index contributed by atoms with van der Waals surface area (Å²) in [5.41, 5.74) is 3.71. The van der Waals surface area contributed by atoms with Gasteiger partial charge in [0.15, 0.2) is 0 Å². The lowest BCUT2D eigenvalue weighted by Gasteiger charge is -2.37. The molecular formula is C38H33FN4O2. The van der Waals surface area contributed by atoms with E-state index in [4.69, 9.17) is 9.84 Å². The SMILES string of the molecule is CC(C)(C)OC(=O)Nc1cc2c(C=Cc3ccc(F)cc3)nn(C(c3ccccc3)(c3ccccc3)c3ccccc3)c2cn1. The fourth-order valence-electron chi connectivity index (χ4n) is 5.55. The minimum absolute atomic E-state index is 0.302. The van der Waals surface area contributed by atoms with Crippen molar-refractivity contribution in [2.75, 3.05) is 5.32 Å². The van der Waals surface area contributed by atoms with Crippen LogP contribution in [0.4, 0.5) is 15.0 Å². The van der Waals surface area contributed by atoms with Crippen LogP contribution in [-0.4, -0.2) is 26.5 Å². The summed E-state index contributed by atoms with van der Waals surface area (Å²) in [6.07, 6.45) is 4.92. The van der Waals surface area contributed by atoms with Crippen molar-refractivity contribution in [3.63, 3.8) is 0 Å². The van der Waals surface area contributed by atoms with Gasteiger partial charge in [-0.05, 0) is 67.3 Å². The van der Waals surface area contributed by atoms with Crippen molar-refractivity contribution < 1.29 is 13.9 Å². The van der Waals surface area contributed by atoms with Gasteiger partial charge in [-0.3, -0.25) is 5.32 Å². The van der Waals surface area contributed by atoms with Crippen molar-refractivity contribution in [1.29, 1.82) is 0 Å². The van der Waals surface area contributed by atoms with Crippen molar-refractivity contribution in [1.82, 2.24) is 14.8 Å². The summed E-state index contributed by atoms with van der Waals surface area (Å²) in [5.74, 6) is 0.0293. The largest absolute Gasteiger partial charge is 0.444 e. The molecule has 6 nitrogen and oxygen atoms in total. The first-order valence-electron chi connectivity index (χ1n) is 14.7. The smallest absolute Gasteiger partial charge is 0.413 e. The molecule has 0 radical (unpaired) electrons. The van der Waals surface area contributed by atoms with E-state index in [0.29, 0.717) is 11.5 Å². The second-order valence-corrected chi connectivity index (χ2v) is 11.7. The van der Waals surface area contributed by atoms with E-state index in [1.54, 1.807) is 24.4 Å². The number of carbonyl (C=O) groups is 1. The van der Waals surface area contributed by atoms with Crippen LogP contribution in [-0.2, 0) is 10.3 Å². The molecule has 1 N–H and O–H groups in total. The number of benzene rings is 4. The highest BCUT2D eigenvalue weighted by atomic mass is 19.1. The molecule has 0 spiro atoms. The van der Waals surface area contributed by atoms with Gasteiger partial charge in [0.05, 0.1) is 17.4 Å². The summed E-state index contributed by atoms with van der Waals surface area (Å²) >= 11 is 0. The van der Waals surface area contributed by atoms with Crippen molar-refractivity contribution >= 4 is 35.0 Å². The molecule has 224 valence electrons. The molecule has 6 rings (SSSR count). The van der Waals surface area contributed by atoms with Gasteiger partial charge in [-0.1, -0.05) is 109 Å². The van der Waals surface area contributed by atoms with Crippen LogP contribution in [0.3, 0.4) is 0 Å². The van der Waals surface area contributed by atoms with E-state index in [1.165, 1.54) is 12.1 Å². The first kappa shape index (κ1) is 29.5. The van der Waals surface area contributed by atoms with Crippen LogP contribution in [0.2, 0.25) is 0 Å². The van der Waals surface area contributed by atoms with Crippen LogP contribution < -0.4 is 5.32 Å². The molecule has 0 fully saturated rings. The number of anilines is 1. The molecule has 0 saturated heterocycles. The fraction of sp³-hybridized carbons (Fsp3) is 0.132. The molecule has 45 heavy (non-hydrogen) atoms. The van der Waals surface area contributed by atoms with Crippen LogP contribution in [0.25, 0.3) is 23.1 Å². The van der Waals surface area contributed by atoms with Gasteiger partial charge < -0.3 is 4.74 Å². The van der Waals surface area contributed by atoms with Gasteiger partial charge in [-0.2, -0.15) is 5.10 Å². The summed E-state index contributed by atoms with van der Waals surface area (Å²) in [7, 11) is 0. The zero-order chi connectivity index (χ0) is 31.4. The number of pyridine rings is 1. The van der Waals surface area contributed by atoms with Crippen molar-refractivity contribution in [2.24, 2.45) is 0 Å². The van der Waals surface area contributed by atoms with Crippen LogP contribution in [0.1, 0.15) is 48.7 Å². The number of amides is 1. The standard InChI is InChI=1S/C38H33FN4O2/c1-37(2,3)45-36(44)41-35-25-32-33(24-21-27-19-22-31(39)23-20-27)42-43(34(32)26-40-35)38(28-13-7-4-8-14-28,29-15-9-5-10-16-29)30-17-11-6-12-18-30/h4-26H,1-3H3,(H,40,41,44). The zero-order valence-electron chi connectivity index (χ0n) is 25.3. The Hall–Kier alpha value is -5.56. The zero-order valence-corrected chi connectivity index (χ0v) is 25.3. The molecule has 4 aromatic carbocycles. The molecule has 2 heterocycles. The molecule has 0 atom stereocenters. The number of nitrogens with one attached hydrogen (secondary N) is 1. The molecule has 7 heteroatoms. The monoisotopic (exact) mass is 596 g/mol. The highest BCUT2D eigenvalue weighted by Gasteiger charge is 2.41. The highest BCUT2D eigenvalue weighted by Crippen LogP contribution is 2.43. The first-order chi connectivity index (χ1) is 21.7. The second-order valence-electron chi connectivity index (χ2n) is 11.7. The summed E-state index contributed by atoms with van der Waals surface area (Å²) in [5, 5.41) is 8.81. The third-order valence-corrected chi connectivity index (χ3v) is 7.42. The van der Waals surface area contributed by atoms with Gasteiger partial charge in [0.2, 0.25) is 0 Å². The summed E-state index contributed by atoms with van der Waals surface area (Å²) in [4.78, 5) is 17.3. The number of halogens is 1.